The summed E-state index contributed by atoms with van der Waals surface area (Å²) in [5, 5.41) is 2.76. The largest absolute Gasteiger partial charge is 0.467 e. The predicted octanol–water partition coefficient (Wildman–Crippen LogP) is 3.82. The van der Waals surface area contributed by atoms with Crippen molar-refractivity contribution < 1.29 is 14.3 Å². The number of hydrogen-bond donors (Lipinski definition) is 1. The molecule has 0 saturated heterocycles. The van der Waals surface area contributed by atoms with E-state index in [9.17, 15) is 9.59 Å². The molecule has 24 heavy (non-hydrogen) atoms. The summed E-state index contributed by atoms with van der Waals surface area (Å²) in [6.07, 6.45) is 2.39. The van der Waals surface area contributed by atoms with E-state index in [2.05, 4.69) is 5.32 Å². The Labute approximate surface area is 142 Å². The Kier molecular flexibility index (Phi) is 6.55. The molecule has 0 radical (unpaired) electrons. The van der Waals surface area contributed by atoms with Gasteiger partial charge < -0.3 is 10.1 Å². The van der Waals surface area contributed by atoms with Gasteiger partial charge in [-0.2, -0.15) is 0 Å². The van der Waals surface area contributed by atoms with Gasteiger partial charge in [-0.15, -0.1) is 0 Å². The molecular weight excluding hydrogens is 302 g/mol. The van der Waals surface area contributed by atoms with Crippen LogP contribution in [-0.4, -0.2) is 25.0 Å². The highest BCUT2D eigenvalue weighted by Gasteiger charge is 2.21. The molecule has 0 saturated carbocycles. The lowest BCUT2D eigenvalue weighted by molar-refractivity contribution is -0.143. The van der Waals surface area contributed by atoms with Gasteiger partial charge in [0.1, 0.15) is 6.04 Å². The number of nitrogens with one attached hydrogen (secondary N) is 1. The van der Waals surface area contributed by atoms with E-state index >= 15 is 0 Å². The summed E-state index contributed by atoms with van der Waals surface area (Å²) in [6.45, 7) is 2.04. The normalized spacial score (nSPS) is 11.6. The van der Waals surface area contributed by atoms with Crippen molar-refractivity contribution in [1.82, 2.24) is 5.32 Å². The number of benzene rings is 2. The third kappa shape index (κ3) is 4.69. The minimum Gasteiger partial charge on any atom is -0.467 e. The van der Waals surface area contributed by atoms with Crippen LogP contribution < -0.4 is 5.32 Å². The molecule has 2 rings (SSSR count). The van der Waals surface area contributed by atoms with Crippen LogP contribution in [0.2, 0.25) is 0 Å². The summed E-state index contributed by atoms with van der Waals surface area (Å²) in [5.41, 5.74) is 2.67. The van der Waals surface area contributed by atoms with Crippen molar-refractivity contribution in [1.29, 1.82) is 0 Å². The van der Waals surface area contributed by atoms with Crippen LogP contribution in [-0.2, 0) is 9.53 Å². The molecular formula is C20H23NO3. The smallest absolute Gasteiger partial charge is 0.328 e. The van der Waals surface area contributed by atoms with Crippen LogP contribution in [0.3, 0.4) is 0 Å². The van der Waals surface area contributed by atoms with Crippen molar-refractivity contribution in [3.63, 3.8) is 0 Å². The first kappa shape index (κ1) is 17.7. The zero-order chi connectivity index (χ0) is 17.4. The lowest BCUT2D eigenvalue weighted by Crippen LogP contribution is -2.41. The van der Waals surface area contributed by atoms with E-state index in [-0.39, 0.29) is 5.91 Å². The van der Waals surface area contributed by atoms with E-state index in [1.807, 2.05) is 49.4 Å². The van der Waals surface area contributed by atoms with Crippen LogP contribution in [0.25, 0.3) is 11.1 Å². The van der Waals surface area contributed by atoms with Gasteiger partial charge in [-0.1, -0.05) is 62.2 Å². The molecule has 1 amide bonds. The number of hydrogen-bond acceptors (Lipinski definition) is 3. The van der Waals surface area contributed by atoms with E-state index in [0.717, 1.165) is 24.0 Å². The molecule has 4 nitrogen and oxygen atoms in total. The Balaban J connectivity index is 2.07. The van der Waals surface area contributed by atoms with Gasteiger partial charge in [0.2, 0.25) is 0 Å². The molecule has 0 heterocycles. The van der Waals surface area contributed by atoms with E-state index in [0.29, 0.717) is 12.0 Å². The molecule has 0 aliphatic rings. The topological polar surface area (TPSA) is 55.4 Å². The van der Waals surface area contributed by atoms with E-state index in [1.165, 1.54) is 7.11 Å². The second-order valence-corrected chi connectivity index (χ2v) is 5.63. The van der Waals surface area contributed by atoms with Crippen molar-refractivity contribution in [2.24, 2.45) is 0 Å². The van der Waals surface area contributed by atoms with Gasteiger partial charge in [0.15, 0.2) is 0 Å². The predicted molar refractivity (Wildman–Crippen MR) is 94.7 cm³/mol. The third-order valence-corrected chi connectivity index (χ3v) is 3.89. The second kappa shape index (κ2) is 8.87. The van der Waals surface area contributed by atoms with Crippen molar-refractivity contribution in [3.05, 3.63) is 60.2 Å². The first-order valence-electron chi connectivity index (χ1n) is 8.20. The fraction of sp³-hybridized carbons (Fsp3) is 0.300. The number of methoxy groups -OCH3 is 1. The SMILES string of the molecule is CCCC[C@@H](NC(=O)c1ccc(-c2ccccc2)cc1)C(=O)OC. The molecule has 0 bridgehead atoms. The third-order valence-electron chi connectivity index (χ3n) is 3.89. The lowest BCUT2D eigenvalue weighted by atomic mass is 10.0. The number of rotatable bonds is 7. The first-order chi connectivity index (χ1) is 11.7. The highest BCUT2D eigenvalue weighted by Crippen LogP contribution is 2.19. The Hall–Kier alpha value is -2.62. The summed E-state index contributed by atoms with van der Waals surface area (Å²) in [7, 11) is 1.34. The van der Waals surface area contributed by atoms with Crippen molar-refractivity contribution in [3.8, 4) is 11.1 Å². The average molecular weight is 325 g/mol. The zero-order valence-electron chi connectivity index (χ0n) is 14.1. The number of unbranched alkanes of at least 4 members (excludes halogenated alkanes) is 1. The Morgan fingerprint density at radius 3 is 2.21 bits per heavy atom. The second-order valence-electron chi connectivity index (χ2n) is 5.63. The highest BCUT2D eigenvalue weighted by molar-refractivity contribution is 5.97. The van der Waals surface area contributed by atoms with Crippen LogP contribution in [0.5, 0.6) is 0 Å². The summed E-state index contributed by atoms with van der Waals surface area (Å²) in [5.74, 6) is -0.668. The van der Waals surface area contributed by atoms with Gasteiger partial charge in [0, 0.05) is 5.56 Å². The van der Waals surface area contributed by atoms with Crippen LogP contribution in [0.15, 0.2) is 54.6 Å². The number of carbonyl (C=O) groups is 2. The van der Waals surface area contributed by atoms with E-state index < -0.39 is 12.0 Å². The Morgan fingerprint density at radius 2 is 1.62 bits per heavy atom. The molecule has 0 aromatic heterocycles. The molecule has 0 unspecified atom stereocenters. The highest BCUT2D eigenvalue weighted by atomic mass is 16.5. The van der Waals surface area contributed by atoms with Crippen LogP contribution >= 0.6 is 0 Å². The molecule has 4 heteroatoms. The van der Waals surface area contributed by atoms with Crippen molar-refractivity contribution in [2.75, 3.05) is 7.11 Å². The Bertz CT molecular complexity index is 665. The molecule has 1 N–H and O–H groups in total. The maximum absolute atomic E-state index is 12.4. The summed E-state index contributed by atoms with van der Waals surface area (Å²) in [6, 6.07) is 16.7. The molecule has 126 valence electrons. The van der Waals surface area contributed by atoms with E-state index in [4.69, 9.17) is 4.74 Å². The van der Waals surface area contributed by atoms with Crippen LogP contribution in [0.1, 0.15) is 36.5 Å². The van der Waals surface area contributed by atoms with Gasteiger partial charge in [-0.25, -0.2) is 4.79 Å². The Morgan fingerprint density at radius 1 is 1.00 bits per heavy atom. The summed E-state index contributed by atoms with van der Waals surface area (Å²) < 4.78 is 4.77. The summed E-state index contributed by atoms with van der Waals surface area (Å²) in [4.78, 5) is 24.2. The van der Waals surface area contributed by atoms with E-state index in [1.54, 1.807) is 12.1 Å². The quantitative estimate of drug-likeness (QED) is 0.788. The fourth-order valence-corrected chi connectivity index (χ4v) is 2.49. The van der Waals surface area contributed by atoms with Crippen LogP contribution in [0, 0.1) is 0 Å². The maximum atomic E-state index is 12.4. The zero-order valence-corrected chi connectivity index (χ0v) is 14.1. The molecule has 0 aliphatic carbocycles. The van der Waals surface area contributed by atoms with Gasteiger partial charge in [-0.3, -0.25) is 4.79 Å². The first-order valence-corrected chi connectivity index (χ1v) is 8.20. The average Bonchev–Trinajstić information content (AvgIpc) is 2.65. The molecule has 2 aromatic rings. The molecule has 1 atom stereocenters. The summed E-state index contributed by atoms with van der Waals surface area (Å²) >= 11 is 0. The number of amides is 1. The fourth-order valence-electron chi connectivity index (χ4n) is 2.49. The monoisotopic (exact) mass is 325 g/mol. The standard InChI is InChI=1S/C20H23NO3/c1-3-4-10-18(20(23)24-2)21-19(22)17-13-11-16(12-14-17)15-8-6-5-7-9-15/h5-9,11-14,18H,3-4,10H2,1-2H3,(H,21,22)/t18-/m1/s1. The molecule has 0 spiro atoms. The molecule has 2 aromatic carbocycles. The molecule has 0 fully saturated rings. The number of esters is 1. The number of carbonyl (C=O) groups excluding carboxylic acids is 2. The van der Waals surface area contributed by atoms with Gasteiger partial charge in [-0.05, 0) is 29.7 Å². The van der Waals surface area contributed by atoms with Crippen molar-refractivity contribution in [2.45, 2.75) is 32.2 Å². The minimum absolute atomic E-state index is 0.263. The van der Waals surface area contributed by atoms with Gasteiger partial charge in [0.05, 0.1) is 7.11 Å². The van der Waals surface area contributed by atoms with Gasteiger partial charge >= 0.3 is 5.97 Å². The number of ether oxygens (including phenoxy) is 1. The minimum atomic E-state index is -0.601. The van der Waals surface area contributed by atoms with Gasteiger partial charge in [0.25, 0.3) is 5.91 Å². The van der Waals surface area contributed by atoms with Crippen molar-refractivity contribution >= 4 is 11.9 Å². The molecule has 0 aliphatic heterocycles. The maximum Gasteiger partial charge on any atom is 0.328 e. The lowest BCUT2D eigenvalue weighted by Gasteiger charge is -2.16. The van der Waals surface area contributed by atoms with Crippen LogP contribution in [0.4, 0.5) is 0 Å².